The van der Waals surface area contributed by atoms with Crippen molar-refractivity contribution in [1.82, 2.24) is 15.1 Å². The molecule has 2 N–H and O–H groups in total. The Morgan fingerprint density at radius 1 is 1.20 bits per heavy atom. The van der Waals surface area contributed by atoms with Gasteiger partial charge < -0.3 is 15.3 Å². The van der Waals surface area contributed by atoms with E-state index in [0.29, 0.717) is 12.3 Å². The van der Waals surface area contributed by atoms with Gasteiger partial charge in [0.1, 0.15) is 6.04 Å². The predicted octanol–water partition coefficient (Wildman–Crippen LogP) is 0.435. The fourth-order valence-corrected chi connectivity index (χ4v) is 4.02. The molecule has 0 bridgehead atoms. The van der Waals surface area contributed by atoms with Crippen LogP contribution in [-0.4, -0.2) is 76.2 Å². The van der Waals surface area contributed by atoms with Crippen molar-refractivity contribution < 1.29 is 14.7 Å². The van der Waals surface area contributed by atoms with Crippen LogP contribution < -0.4 is 5.32 Å². The highest BCUT2D eigenvalue weighted by Crippen LogP contribution is 2.29. The van der Waals surface area contributed by atoms with E-state index in [9.17, 15) is 14.7 Å². The van der Waals surface area contributed by atoms with Crippen molar-refractivity contribution in [3.05, 3.63) is 0 Å². The maximum Gasteiger partial charge on any atom is 0.327 e. The summed E-state index contributed by atoms with van der Waals surface area (Å²) in [5.41, 5.74) is 0. The lowest BCUT2D eigenvalue weighted by atomic mass is 10.2. The number of amides is 2. The molecule has 6 nitrogen and oxygen atoms in total. The van der Waals surface area contributed by atoms with E-state index in [-0.39, 0.29) is 12.1 Å². The molecule has 0 aromatic heterocycles. The Labute approximate surface area is 122 Å². The standard InChI is InChI=1S/C13H21N3O3S/c17-12(18)11-8-20-6-5-16(11)13(19)14-9-3-4-15(7-9)10-1-2-10/h9-11H,1-8H2,(H,14,19)(H,17,18). The maximum atomic E-state index is 12.3. The van der Waals surface area contributed by atoms with Crippen molar-refractivity contribution in [3.8, 4) is 0 Å². The van der Waals surface area contributed by atoms with Crippen molar-refractivity contribution in [2.45, 2.75) is 37.4 Å². The molecule has 2 atom stereocenters. The molecule has 3 fully saturated rings. The third kappa shape index (κ3) is 3.03. The van der Waals surface area contributed by atoms with Crippen molar-refractivity contribution in [2.75, 3.05) is 31.1 Å². The molecule has 3 aliphatic rings. The minimum absolute atomic E-state index is 0.173. The Hall–Kier alpha value is -0.950. The van der Waals surface area contributed by atoms with Gasteiger partial charge in [0.2, 0.25) is 0 Å². The van der Waals surface area contributed by atoms with Crippen molar-refractivity contribution in [1.29, 1.82) is 0 Å². The van der Waals surface area contributed by atoms with Crippen LogP contribution in [0, 0.1) is 0 Å². The summed E-state index contributed by atoms with van der Waals surface area (Å²) in [7, 11) is 0. The summed E-state index contributed by atoms with van der Waals surface area (Å²) >= 11 is 1.60. The first-order valence-corrected chi connectivity index (χ1v) is 8.42. The SMILES string of the molecule is O=C(O)C1CSCCN1C(=O)NC1CCN(C2CC2)C1. The number of thioether (sulfide) groups is 1. The molecule has 2 saturated heterocycles. The van der Waals surface area contributed by atoms with Gasteiger partial charge in [-0.25, -0.2) is 9.59 Å². The molecule has 0 aromatic rings. The molecule has 0 radical (unpaired) electrons. The van der Waals surface area contributed by atoms with Gasteiger partial charge >= 0.3 is 12.0 Å². The van der Waals surface area contributed by atoms with Crippen LogP contribution in [0.5, 0.6) is 0 Å². The minimum atomic E-state index is -0.904. The largest absolute Gasteiger partial charge is 0.480 e. The zero-order chi connectivity index (χ0) is 14.1. The van der Waals surface area contributed by atoms with Gasteiger partial charge in [0.05, 0.1) is 0 Å². The first-order chi connectivity index (χ1) is 9.65. The van der Waals surface area contributed by atoms with Crippen molar-refractivity contribution in [2.24, 2.45) is 0 Å². The van der Waals surface area contributed by atoms with Crippen molar-refractivity contribution in [3.63, 3.8) is 0 Å². The van der Waals surface area contributed by atoms with Gasteiger partial charge in [-0.2, -0.15) is 11.8 Å². The topological polar surface area (TPSA) is 72.9 Å². The average molecular weight is 299 g/mol. The Morgan fingerprint density at radius 3 is 2.70 bits per heavy atom. The Kier molecular flexibility index (Phi) is 4.07. The molecule has 3 rings (SSSR count). The van der Waals surface area contributed by atoms with E-state index >= 15 is 0 Å². The lowest BCUT2D eigenvalue weighted by Gasteiger charge is -2.33. The number of likely N-dealkylation sites (tertiary alicyclic amines) is 1. The molecule has 2 aliphatic heterocycles. The molecule has 1 saturated carbocycles. The Morgan fingerprint density at radius 2 is 2.00 bits per heavy atom. The van der Waals surface area contributed by atoms with E-state index in [0.717, 1.165) is 31.3 Å². The number of hydrogen-bond acceptors (Lipinski definition) is 4. The lowest BCUT2D eigenvalue weighted by molar-refractivity contribution is -0.141. The number of carbonyl (C=O) groups excluding carboxylic acids is 1. The molecule has 2 unspecified atom stereocenters. The number of urea groups is 1. The van der Waals surface area contributed by atoms with Crippen LogP contribution in [0.4, 0.5) is 4.79 Å². The summed E-state index contributed by atoms with van der Waals surface area (Å²) in [5, 5.41) is 12.2. The number of aliphatic carboxylic acids is 1. The summed E-state index contributed by atoms with van der Waals surface area (Å²) in [5.74, 6) is 0.399. The molecule has 20 heavy (non-hydrogen) atoms. The molecule has 112 valence electrons. The third-order valence-corrected chi connectivity index (χ3v) is 5.31. The van der Waals surface area contributed by atoms with Crippen LogP contribution >= 0.6 is 11.8 Å². The molecule has 1 aliphatic carbocycles. The van der Waals surface area contributed by atoms with Crippen molar-refractivity contribution >= 4 is 23.8 Å². The molecule has 2 heterocycles. The molecule has 7 heteroatoms. The highest BCUT2D eigenvalue weighted by atomic mass is 32.2. The number of rotatable bonds is 3. The number of nitrogens with one attached hydrogen (secondary N) is 1. The summed E-state index contributed by atoms with van der Waals surface area (Å²) in [6.07, 6.45) is 3.54. The molecule has 0 aromatic carbocycles. The van der Waals surface area contributed by atoms with Gasteiger partial charge in [-0.3, -0.25) is 4.90 Å². The second-order valence-corrected chi connectivity index (χ2v) is 6.93. The van der Waals surface area contributed by atoms with E-state index in [4.69, 9.17) is 0 Å². The second kappa shape index (κ2) is 5.81. The highest BCUT2D eigenvalue weighted by Gasteiger charge is 2.37. The first kappa shape index (κ1) is 14.0. The monoisotopic (exact) mass is 299 g/mol. The number of carbonyl (C=O) groups is 2. The van der Waals surface area contributed by atoms with E-state index in [1.54, 1.807) is 11.8 Å². The van der Waals surface area contributed by atoms with Gasteiger partial charge in [0.15, 0.2) is 0 Å². The Balaban J connectivity index is 1.53. The number of nitrogens with zero attached hydrogens (tertiary/aromatic N) is 2. The summed E-state index contributed by atoms with van der Waals surface area (Å²) in [6.45, 7) is 2.48. The van der Waals surface area contributed by atoms with Crippen LogP contribution in [0.2, 0.25) is 0 Å². The highest BCUT2D eigenvalue weighted by molar-refractivity contribution is 7.99. The molecule has 0 spiro atoms. The number of carboxylic acid groups (broad SMARTS) is 1. The molecular formula is C13H21N3O3S. The van der Waals surface area contributed by atoms with Crippen LogP contribution in [0.15, 0.2) is 0 Å². The summed E-state index contributed by atoms with van der Waals surface area (Å²) in [4.78, 5) is 27.4. The third-order valence-electron chi connectivity index (χ3n) is 4.28. The second-order valence-electron chi connectivity index (χ2n) is 5.78. The van der Waals surface area contributed by atoms with Crippen LogP contribution in [0.25, 0.3) is 0 Å². The number of hydrogen-bond donors (Lipinski definition) is 2. The van der Waals surface area contributed by atoms with Crippen LogP contribution in [0.1, 0.15) is 19.3 Å². The minimum Gasteiger partial charge on any atom is -0.480 e. The Bertz CT molecular complexity index is 402. The molecule has 2 amide bonds. The fraction of sp³-hybridized carbons (Fsp3) is 0.846. The van der Waals surface area contributed by atoms with Gasteiger partial charge in [0, 0.05) is 43.2 Å². The van der Waals surface area contributed by atoms with E-state index in [2.05, 4.69) is 10.2 Å². The quantitative estimate of drug-likeness (QED) is 0.791. The van der Waals surface area contributed by atoms with Gasteiger partial charge in [-0.1, -0.05) is 0 Å². The van der Waals surface area contributed by atoms with E-state index in [1.165, 1.54) is 17.7 Å². The lowest BCUT2D eigenvalue weighted by Crippen LogP contribution is -2.55. The maximum absolute atomic E-state index is 12.3. The smallest absolute Gasteiger partial charge is 0.327 e. The first-order valence-electron chi connectivity index (χ1n) is 7.27. The van der Waals surface area contributed by atoms with E-state index in [1.807, 2.05) is 0 Å². The van der Waals surface area contributed by atoms with E-state index < -0.39 is 12.0 Å². The average Bonchev–Trinajstić information content (AvgIpc) is 3.19. The zero-order valence-corrected chi connectivity index (χ0v) is 12.3. The zero-order valence-electron chi connectivity index (χ0n) is 11.5. The normalized spacial score (nSPS) is 31.3. The fourth-order valence-electron chi connectivity index (χ4n) is 2.99. The summed E-state index contributed by atoms with van der Waals surface area (Å²) in [6, 6.07) is 0.0113. The van der Waals surface area contributed by atoms with Gasteiger partial charge in [-0.15, -0.1) is 0 Å². The molecular weight excluding hydrogens is 278 g/mol. The van der Waals surface area contributed by atoms with Gasteiger partial charge in [-0.05, 0) is 19.3 Å². The van der Waals surface area contributed by atoms with Crippen LogP contribution in [0.3, 0.4) is 0 Å². The summed E-state index contributed by atoms with van der Waals surface area (Å²) < 4.78 is 0. The van der Waals surface area contributed by atoms with Gasteiger partial charge in [0.25, 0.3) is 0 Å². The predicted molar refractivity (Wildman–Crippen MR) is 77.0 cm³/mol. The van der Waals surface area contributed by atoms with Crippen LogP contribution in [-0.2, 0) is 4.79 Å². The number of carboxylic acids is 1.